The molecule has 4 heteroatoms. The van der Waals surface area contributed by atoms with Gasteiger partial charge in [-0.05, 0) is 11.1 Å². The first-order chi connectivity index (χ1) is 5.86. The molecular formula is C8H9NO3. The van der Waals surface area contributed by atoms with Crippen molar-refractivity contribution in [3.8, 4) is 0 Å². The van der Waals surface area contributed by atoms with Gasteiger partial charge in [0.2, 0.25) is 0 Å². The fourth-order valence-electron chi connectivity index (χ4n) is 1.15. The van der Waals surface area contributed by atoms with E-state index < -0.39 is 5.39 Å². The number of hydrogen-bond acceptors (Lipinski definition) is 3. The molecule has 2 rings (SSSR count). The average molecular weight is 167 g/mol. The minimum absolute atomic E-state index is 0.314. The highest BCUT2D eigenvalue weighted by molar-refractivity contribution is 5.25. The topological polar surface area (TPSA) is 46.0 Å². The van der Waals surface area contributed by atoms with Gasteiger partial charge in [-0.2, -0.15) is 9.68 Å². The zero-order chi connectivity index (χ0) is 8.39. The Hall–Kier alpha value is -0.940. The molecule has 0 aromatic heterocycles. The molecule has 1 aliphatic heterocycles. The van der Waals surface area contributed by atoms with Crippen molar-refractivity contribution in [2.24, 2.45) is 0 Å². The van der Waals surface area contributed by atoms with Gasteiger partial charge >= 0.3 is 0 Å². The maximum Gasteiger partial charge on any atom is 0.136 e. The van der Waals surface area contributed by atoms with Crippen LogP contribution in [0.1, 0.15) is 11.1 Å². The van der Waals surface area contributed by atoms with Crippen LogP contribution in [-0.4, -0.2) is 0 Å². The Morgan fingerprint density at radius 2 is 1.58 bits per heavy atom. The summed E-state index contributed by atoms with van der Waals surface area (Å²) in [6.07, 6.45) is 0. The van der Waals surface area contributed by atoms with Crippen LogP contribution in [0.25, 0.3) is 0 Å². The second-order valence-corrected chi connectivity index (χ2v) is 2.60. The fourth-order valence-corrected chi connectivity index (χ4v) is 1.15. The van der Waals surface area contributed by atoms with Gasteiger partial charge in [0, 0.05) is 0 Å². The Labute approximate surface area is 69.8 Å². The molecule has 0 amide bonds. The van der Waals surface area contributed by atoms with E-state index in [0.29, 0.717) is 13.2 Å². The van der Waals surface area contributed by atoms with Crippen LogP contribution >= 0.6 is 0 Å². The third-order valence-corrected chi connectivity index (χ3v) is 1.81. The molecule has 1 heterocycles. The number of quaternary nitrogens is 1. The summed E-state index contributed by atoms with van der Waals surface area (Å²) >= 11 is 0. The molecule has 0 atom stereocenters. The summed E-state index contributed by atoms with van der Waals surface area (Å²) in [6, 6.07) is 7.69. The highest BCUT2D eigenvalue weighted by atomic mass is 17.1. The standard InChI is InChI=1S/C8H9NO3/c10-9-11-5-7-3-1-2-4-8(7)6-12-9/h1-4,9H,5-6H2. The summed E-state index contributed by atoms with van der Waals surface area (Å²) in [5.41, 5.74) is 2.03. The molecule has 0 radical (unpaired) electrons. The molecule has 0 saturated heterocycles. The third-order valence-electron chi connectivity index (χ3n) is 1.81. The summed E-state index contributed by atoms with van der Waals surface area (Å²) in [5.74, 6) is 0. The predicted octanol–water partition coefficient (Wildman–Crippen LogP) is -0.0539. The van der Waals surface area contributed by atoms with E-state index in [2.05, 4.69) is 0 Å². The summed E-state index contributed by atoms with van der Waals surface area (Å²) in [4.78, 5) is 9.54. The first-order valence-electron chi connectivity index (χ1n) is 3.72. The minimum Gasteiger partial charge on any atom is -0.566 e. The van der Waals surface area contributed by atoms with Gasteiger partial charge < -0.3 is 5.21 Å². The summed E-state index contributed by atoms with van der Waals surface area (Å²) in [6.45, 7) is 0.629. The Morgan fingerprint density at radius 1 is 1.08 bits per heavy atom. The minimum atomic E-state index is -0.591. The normalized spacial score (nSPS) is 18.4. The lowest BCUT2D eigenvalue weighted by molar-refractivity contribution is -1.21. The highest BCUT2D eigenvalue weighted by Gasteiger charge is 2.11. The predicted molar refractivity (Wildman–Crippen MR) is 40.3 cm³/mol. The van der Waals surface area contributed by atoms with Crippen molar-refractivity contribution in [1.29, 1.82) is 0 Å². The number of hydrogen-bond donors (Lipinski definition) is 1. The first kappa shape index (κ1) is 7.70. The molecule has 0 spiro atoms. The zero-order valence-corrected chi connectivity index (χ0v) is 6.45. The van der Waals surface area contributed by atoms with Crippen molar-refractivity contribution in [2.75, 3.05) is 0 Å². The maximum atomic E-state index is 10.7. The van der Waals surface area contributed by atoms with Gasteiger partial charge in [-0.3, -0.25) is 0 Å². The van der Waals surface area contributed by atoms with Crippen molar-refractivity contribution in [3.05, 3.63) is 40.6 Å². The van der Waals surface area contributed by atoms with Crippen molar-refractivity contribution in [3.63, 3.8) is 0 Å². The number of fused-ring (bicyclic) bond motifs is 1. The number of nitrogens with one attached hydrogen (secondary N) is 1. The Kier molecular flexibility index (Phi) is 2.05. The van der Waals surface area contributed by atoms with Gasteiger partial charge in [-0.25, -0.2) is 0 Å². The molecule has 64 valence electrons. The maximum absolute atomic E-state index is 10.7. The quantitative estimate of drug-likeness (QED) is 0.551. The van der Waals surface area contributed by atoms with Crippen LogP contribution in [0.2, 0.25) is 0 Å². The van der Waals surface area contributed by atoms with Crippen molar-refractivity contribution < 1.29 is 15.1 Å². The molecule has 12 heavy (non-hydrogen) atoms. The van der Waals surface area contributed by atoms with E-state index in [-0.39, 0.29) is 0 Å². The summed E-state index contributed by atoms with van der Waals surface area (Å²) in [5, 5.41) is 10.1. The van der Waals surface area contributed by atoms with Crippen molar-refractivity contribution in [2.45, 2.75) is 13.2 Å². The van der Waals surface area contributed by atoms with E-state index in [0.717, 1.165) is 11.1 Å². The average Bonchev–Trinajstić information content (AvgIpc) is 2.29. The molecule has 0 bridgehead atoms. The van der Waals surface area contributed by atoms with E-state index in [1.54, 1.807) is 0 Å². The Balaban J connectivity index is 2.26. The fraction of sp³-hybridized carbons (Fsp3) is 0.250. The lowest BCUT2D eigenvalue weighted by Crippen LogP contribution is -3.04. The van der Waals surface area contributed by atoms with E-state index in [1.807, 2.05) is 24.3 Å². The van der Waals surface area contributed by atoms with Crippen LogP contribution in [-0.2, 0) is 22.9 Å². The molecular weight excluding hydrogens is 158 g/mol. The SMILES string of the molecule is [O-][NH+]1OCc2ccccc2CO1. The molecule has 0 fully saturated rings. The number of rotatable bonds is 0. The van der Waals surface area contributed by atoms with Gasteiger partial charge in [0.15, 0.2) is 0 Å². The van der Waals surface area contributed by atoms with Gasteiger partial charge in [0.25, 0.3) is 0 Å². The highest BCUT2D eigenvalue weighted by Crippen LogP contribution is 2.11. The molecule has 1 aromatic carbocycles. The third kappa shape index (κ3) is 1.46. The van der Waals surface area contributed by atoms with Gasteiger partial charge in [0.05, 0.1) is 0 Å². The van der Waals surface area contributed by atoms with Gasteiger partial charge in [0.1, 0.15) is 13.2 Å². The van der Waals surface area contributed by atoms with E-state index in [4.69, 9.17) is 9.68 Å². The van der Waals surface area contributed by atoms with E-state index in [1.165, 1.54) is 0 Å². The Morgan fingerprint density at radius 3 is 2.08 bits per heavy atom. The van der Waals surface area contributed by atoms with Crippen molar-refractivity contribution >= 4 is 0 Å². The monoisotopic (exact) mass is 167 g/mol. The van der Waals surface area contributed by atoms with Crippen LogP contribution < -0.4 is 5.39 Å². The summed E-state index contributed by atoms with van der Waals surface area (Å²) < 4.78 is 0. The lowest BCUT2D eigenvalue weighted by atomic mass is 10.1. The second kappa shape index (κ2) is 3.20. The van der Waals surface area contributed by atoms with Crippen molar-refractivity contribution in [1.82, 2.24) is 0 Å². The molecule has 1 aliphatic rings. The first-order valence-corrected chi connectivity index (χ1v) is 3.72. The molecule has 0 saturated carbocycles. The van der Waals surface area contributed by atoms with Crippen LogP contribution in [0.3, 0.4) is 0 Å². The lowest BCUT2D eigenvalue weighted by Gasteiger charge is -2.12. The molecule has 1 aromatic rings. The van der Waals surface area contributed by atoms with Crippen LogP contribution in [0.5, 0.6) is 0 Å². The van der Waals surface area contributed by atoms with Crippen LogP contribution in [0.4, 0.5) is 0 Å². The second-order valence-electron chi connectivity index (χ2n) is 2.60. The molecule has 0 unspecified atom stereocenters. The molecule has 0 aliphatic carbocycles. The van der Waals surface area contributed by atoms with Crippen LogP contribution in [0.15, 0.2) is 24.3 Å². The van der Waals surface area contributed by atoms with Crippen LogP contribution in [0, 0.1) is 5.21 Å². The number of benzene rings is 1. The summed E-state index contributed by atoms with van der Waals surface area (Å²) in [7, 11) is 0. The largest absolute Gasteiger partial charge is 0.566 e. The molecule has 1 N–H and O–H groups in total. The van der Waals surface area contributed by atoms with Gasteiger partial charge in [-0.15, -0.1) is 0 Å². The van der Waals surface area contributed by atoms with E-state index in [9.17, 15) is 5.21 Å². The molecule has 4 nitrogen and oxygen atoms in total. The smallest absolute Gasteiger partial charge is 0.136 e. The Bertz CT molecular complexity index is 250. The van der Waals surface area contributed by atoms with E-state index >= 15 is 0 Å². The zero-order valence-electron chi connectivity index (χ0n) is 6.45. The van der Waals surface area contributed by atoms with Gasteiger partial charge in [-0.1, -0.05) is 29.7 Å².